The van der Waals surface area contributed by atoms with E-state index in [1.807, 2.05) is 12.1 Å². The van der Waals surface area contributed by atoms with Crippen LogP contribution in [0.1, 0.15) is 31.7 Å². The van der Waals surface area contributed by atoms with E-state index in [9.17, 15) is 0 Å². The highest BCUT2D eigenvalue weighted by molar-refractivity contribution is 7.18. The monoisotopic (exact) mass is 288 g/mol. The molecule has 2 N–H and O–H groups in total. The number of thiazole rings is 1. The number of hydrogen-bond acceptors (Lipinski definition) is 6. The summed E-state index contributed by atoms with van der Waals surface area (Å²) >= 11 is 1.70. The summed E-state index contributed by atoms with van der Waals surface area (Å²) in [6, 6.07) is 6.01. The van der Waals surface area contributed by atoms with Crippen molar-refractivity contribution >= 4 is 21.6 Å². The number of nitrogens with two attached hydrogens (primary N) is 1. The minimum Gasteiger partial charge on any atom is -0.338 e. The zero-order chi connectivity index (χ0) is 14.3. The average Bonchev–Trinajstić information content (AvgIpc) is 3.04. The summed E-state index contributed by atoms with van der Waals surface area (Å²) in [7, 11) is 0. The Labute approximate surface area is 120 Å². The van der Waals surface area contributed by atoms with Crippen LogP contribution in [0.2, 0.25) is 0 Å². The summed E-state index contributed by atoms with van der Waals surface area (Å²) in [5, 5.41) is 5.08. The molecule has 0 atom stereocenters. The number of hydrogen-bond donors (Lipinski definition) is 1. The van der Waals surface area contributed by atoms with Gasteiger partial charge in [0, 0.05) is 11.0 Å². The molecule has 0 spiro atoms. The lowest BCUT2D eigenvalue weighted by Crippen LogP contribution is -2.09. The molecule has 0 saturated carbocycles. The Kier molecular flexibility index (Phi) is 3.07. The Morgan fingerprint density at radius 2 is 2.05 bits per heavy atom. The second-order valence-electron chi connectivity index (χ2n) is 5.64. The van der Waals surface area contributed by atoms with Gasteiger partial charge in [0.25, 0.3) is 0 Å². The van der Waals surface area contributed by atoms with E-state index < -0.39 is 0 Å². The second kappa shape index (κ2) is 4.64. The zero-order valence-electron chi connectivity index (χ0n) is 11.7. The van der Waals surface area contributed by atoms with Gasteiger partial charge in [-0.05, 0) is 12.1 Å². The number of nitrogens with zero attached hydrogens (tertiary/aromatic N) is 3. The van der Waals surface area contributed by atoms with Gasteiger partial charge >= 0.3 is 0 Å². The Morgan fingerprint density at radius 3 is 2.70 bits per heavy atom. The van der Waals surface area contributed by atoms with Gasteiger partial charge in [-0.2, -0.15) is 4.98 Å². The van der Waals surface area contributed by atoms with Gasteiger partial charge in [0.2, 0.25) is 11.7 Å². The topological polar surface area (TPSA) is 77.8 Å². The molecule has 20 heavy (non-hydrogen) atoms. The van der Waals surface area contributed by atoms with Crippen LogP contribution in [0.25, 0.3) is 21.6 Å². The van der Waals surface area contributed by atoms with Gasteiger partial charge < -0.3 is 10.3 Å². The van der Waals surface area contributed by atoms with Gasteiger partial charge in [0.05, 0.1) is 21.8 Å². The van der Waals surface area contributed by atoms with E-state index in [0.717, 1.165) is 20.8 Å². The maximum atomic E-state index is 5.51. The van der Waals surface area contributed by atoms with E-state index >= 15 is 0 Å². The van der Waals surface area contributed by atoms with Crippen molar-refractivity contribution in [2.75, 3.05) is 0 Å². The molecule has 5 nitrogen and oxygen atoms in total. The first-order valence-electron chi connectivity index (χ1n) is 6.42. The van der Waals surface area contributed by atoms with Gasteiger partial charge in [-0.15, -0.1) is 11.3 Å². The van der Waals surface area contributed by atoms with Crippen molar-refractivity contribution in [1.29, 1.82) is 0 Å². The van der Waals surface area contributed by atoms with Gasteiger partial charge in [-0.1, -0.05) is 32.0 Å². The standard InChI is InChI=1S/C14H16N4OS/c1-14(2,3)13-17-11-8(5-4-6-9(11)20-13)12-16-10(7-15)19-18-12/h4-6H,7,15H2,1-3H3. The van der Waals surface area contributed by atoms with E-state index in [2.05, 4.69) is 37.0 Å². The van der Waals surface area contributed by atoms with Crippen LogP contribution in [0.5, 0.6) is 0 Å². The van der Waals surface area contributed by atoms with Gasteiger partial charge in [-0.3, -0.25) is 0 Å². The molecule has 0 aliphatic rings. The van der Waals surface area contributed by atoms with Crippen molar-refractivity contribution in [2.45, 2.75) is 32.7 Å². The van der Waals surface area contributed by atoms with Crippen LogP contribution in [-0.2, 0) is 12.0 Å². The lowest BCUT2D eigenvalue weighted by Gasteiger charge is -2.13. The average molecular weight is 288 g/mol. The molecular weight excluding hydrogens is 272 g/mol. The minimum absolute atomic E-state index is 0.0284. The van der Waals surface area contributed by atoms with E-state index in [4.69, 9.17) is 15.2 Å². The number of aromatic nitrogens is 3. The maximum Gasteiger partial charge on any atom is 0.240 e. The third-order valence-electron chi connectivity index (χ3n) is 2.94. The van der Waals surface area contributed by atoms with Crippen LogP contribution in [0.3, 0.4) is 0 Å². The largest absolute Gasteiger partial charge is 0.338 e. The highest BCUT2D eigenvalue weighted by atomic mass is 32.1. The highest BCUT2D eigenvalue weighted by Crippen LogP contribution is 2.35. The fourth-order valence-corrected chi connectivity index (χ4v) is 2.95. The van der Waals surface area contributed by atoms with Crippen molar-refractivity contribution in [3.8, 4) is 11.4 Å². The third-order valence-corrected chi connectivity index (χ3v) is 4.39. The summed E-state index contributed by atoms with van der Waals surface area (Å²) in [6.45, 7) is 6.72. The molecule has 0 amide bonds. The summed E-state index contributed by atoms with van der Waals surface area (Å²) in [6.07, 6.45) is 0. The first-order valence-corrected chi connectivity index (χ1v) is 7.24. The molecule has 0 aliphatic heterocycles. The van der Waals surface area contributed by atoms with Gasteiger partial charge in [0.1, 0.15) is 0 Å². The fourth-order valence-electron chi connectivity index (χ4n) is 1.90. The molecule has 0 radical (unpaired) electrons. The van der Waals surface area contributed by atoms with E-state index in [0.29, 0.717) is 11.7 Å². The van der Waals surface area contributed by atoms with Crippen molar-refractivity contribution < 1.29 is 4.52 Å². The molecule has 1 aromatic carbocycles. The molecule has 0 fully saturated rings. The molecule has 2 heterocycles. The first-order chi connectivity index (χ1) is 9.49. The number of fused-ring (bicyclic) bond motifs is 1. The first kappa shape index (κ1) is 13.2. The molecule has 0 aliphatic carbocycles. The number of rotatable bonds is 2. The molecule has 0 unspecified atom stereocenters. The second-order valence-corrected chi connectivity index (χ2v) is 6.67. The van der Waals surface area contributed by atoms with E-state index in [1.165, 1.54) is 0 Å². The summed E-state index contributed by atoms with van der Waals surface area (Å²) in [5.41, 5.74) is 7.34. The van der Waals surface area contributed by atoms with Crippen LogP contribution < -0.4 is 5.73 Å². The maximum absolute atomic E-state index is 5.51. The quantitative estimate of drug-likeness (QED) is 0.784. The molecular formula is C14H16N4OS. The zero-order valence-corrected chi connectivity index (χ0v) is 12.5. The van der Waals surface area contributed by atoms with Gasteiger partial charge in [0.15, 0.2) is 0 Å². The molecule has 3 aromatic rings. The summed E-state index contributed by atoms with van der Waals surface area (Å²) < 4.78 is 6.21. The molecule has 6 heteroatoms. The molecule has 2 aromatic heterocycles. The van der Waals surface area contributed by atoms with Crippen molar-refractivity contribution in [2.24, 2.45) is 5.73 Å². The predicted molar refractivity (Wildman–Crippen MR) is 79.5 cm³/mol. The number of benzene rings is 1. The van der Waals surface area contributed by atoms with Gasteiger partial charge in [-0.25, -0.2) is 4.98 Å². The third kappa shape index (κ3) is 2.21. The van der Waals surface area contributed by atoms with Crippen LogP contribution in [0.4, 0.5) is 0 Å². The van der Waals surface area contributed by atoms with Crippen LogP contribution in [-0.4, -0.2) is 15.1 Å². The predicted octanol–water partition coefficient (Wildman–Crippen LogP) is 3.10. The smallest absolute Gasteiger partial charge is 0.240 e. The normalized spacial score (nSPS) is 12.2. The fraction of sp³-hybridized carbons (Fsp3) is 0.357. The Hall–Kier alpha value is -1.79. The molecule has 104 valence electrons. The molecule has 3 rings (SSSR count). The van der Waals surface area contributed by atoms with Crippen LogP contribution >= 0.6 is 11.3 Å². The van der Waals surface area contributed by atoms with E-state index in [1.54, 1.807) is 11.3 Å². The summed E-state index contributed by atoms with van der Waals surface area (Å²) in [4.78, 5) is 9.04. The lowest BCUT2D eigenvalue weighted by molar-refractivity contribution is 0.380. The van der Waals surface area contributed by atoms with Crippen molar-refractivity contribution in [3.63, 3.8) is 0 Å². The van der Waals surface area contributed by atoms with Crippen molar-refractivity contribution in [1.82, 2.24) is 15.1 Å². The SMILES string of the molecule is CC(C)(C)c1nc2c(-c3noc(CN)n3)cccc2s1. The Bertz CT molecular complexity index is 754. The number of para-hydroxylation sites is 1. The Balaban J connectivity index is 2.18. The lowest BCUT2D eigenvalue weighted by atomic mass is 9.98. The van der Waals surface area contributed by atoms with Crippen LogP contribution in [0, 0.1) is 0 Å². The van der Waals surface area contributed by atoms with Crippen molar-refractivity contribution in [3.05, 3.63) is 29.1 Å². The minimum atomic E-state index is 0.0284. The summed E-state index contributed by atoms with van der Waals surface area (Å²) in [5.74, 6) is 0.977. The molecule has 0 saturated heterocycles. The Morgan fingerprint density at radius 1 is 1.25 bits per heavy atom. The highest BCUT2D eigenvalue weighted by Gasteiger charge is 2.21. The molecule has 0 bridgehead atoms. The van der Waals surface area contributed by atoms with Crippen LogP contribution in [0.15, 0.2) is 22.7 Å². The van der Waals surface area contributed by atoms with E-state index in [-0.39, 0.29) is 12.0 Å².